The number of hydrogen-bond acceptors (Lipinski definition) is 1. The summed E-state index contributed by atoms with van der Waals surface area (Å²) in [7, 11) is 0.659. The van der Waals surface area contributed by atoms with Gasteiger partial charge in [-0.2, -0.15) is 0 Å². The highest BCUT2D eigenvalue weighted by molar-refractivity contribution is 6.87. The molecule has 1 aromatic rings. The first-order valence-corrected chi connectivity index (χ1v) is 11.5. The van der Waals surface area contributed by atoms with Crippen LogP contribution in [0.15, 0.2) is 47.7 Å². The molecule has 0 amide bonds. The van der Waals surface area contributed by atoms with Gasteiger partial charge >= 0.3 is 0 Å². The number of fused-ring (bicyclic) bond motifs is 1. The summed E-state index contributed by atoms with van der Waals surface area (Å²) < 4.78 is 2.58. The molecule has 1 nitrogen and oxygen atoms in total. The molecule has 2 aliphatic carbocycles. The van der Waals surface area contributed by atoms with Crippen molar-refractivity contribution < 1.29 is 0 Å². The van der Waals surface area contributed by atoms with Crippen LogP contribution >= 0.6 is 0 Å². The summed E-state index contributed by atoms with van der Waals surface area (Å²) in [5.41, 5.74) is 2.70. The van der Waals surface area contributed by atoms with Crippen molar-refractivity contribution in [3.8, 4) is 0 Å². The van der Waals surface area contributed by atoms with E-state index in [0.717, 1.165) is 17.8 Å². The van der Waals surface area contributed by atoms with E-state index in [-0.39, 0.29) is 0 Å². The van der Waals surface area contributed by atoms with Gasteiger partial charge in [0.05, 0.1) is 0 Å². The minimum atomic E-state index is -1.64. The standard InChI is InChI=1S/C20H29NSi/c1-15-9-11-18(12-10-15)21(3)22(4,5)20-8-6-7-17-13-16(2)14-19(17)20/h6-12,16-17,19H,13-14H2,1-5H3. The van der Waals surface area contributed by atoms with E-state index in [1.807, 2.05) is 0 Å². The van der Waals surface area contributed by atoms with Gasteiger partial charge < -0.3 is 4.57 Å². The quantitative estimate of drug-likeness (QED) is 0.682. The maximum absolute atomic E-state index is 2.58. The van der Waals surface area contributed by atoms with E-state index in [2.05, 4.69) is 81.0 Å². The molecule has 0 radical (unpaired) electrons. The van der Waals surface area contributed by atoms with Crippen LogP contribution in [0, 0.1) is 24.7 Å². The fourth-order valence-corrected chi connectivity index (χ4v) is 7.20. The fraction of sp³-hybridized carbons (Fsp3) is 0.500. The summed E-state index contributed by atoms with van der Waals surface area (Å²) in [5.74, 6) is 2.44. The summed E-state index contributed by atoms with van der Waals surface area (Å²) in [4.78, 5) is 0. The van der Waals surface area contributed by atoms with E-state index in [1.165, 1.54) is 24.1 Å². The molecular formula is C20H29NSi. The van der Waals surface area contributed by atoms with Crippen molar-refractivity contribution in [2.24, 2.45) is 17.8 Å². The molecule has 0 spiro atoms. The van der Waals surface area contributed by atoms with Crippen molar-refractivity contribution >= 4 is 13.9 Å². The van der Waals surface area contributed by atoms with Crippen LogP contribution in [0.1, 0.15) is 25.3 Å². The molecule has 22 heavy (non-hydrogen) atoms. The SMILES string of the molecule is Cc1ccc(N(C)[Si](C)(C)C2=CC=CC3CC(C)CC23)cc1. The second kappa shape index (κ2) is 5.73. The van der Waals surface area contributed by atoms with Crippen molar-refractivity contribution in [1.29, 1.82) is 0 Å². The third-order valence-corrected chi connectivity index (χ3v) is 9.73. The summed E-state index contributed by atoms with van der Waals surface area (Å²) in [5, 5.41) is 1.74. The topological polar surface area (TPSA) is 3.24 Å². The molecule has 2 aliphatic rings. The molecule has 0 aliphatic heterocycles. The molecule has 0 saturated heterocycles. The minimum absolute atomic E-state index is 0.785. The molecular weight excluding hydrogens is 282 g/mol. The first-order valence-electron chi connectivity index (χ1n) is 8.59. The summed E-state index contributed by atoms with van der Waals surface area (Å²) in [6, 6.07) is 9.01. The Balaban J connectivity index is 1.90. The number of allylic oxidation sites excluding steroid dienone is 4. The van der Waals surface area contributed by atoms with Gasteiger partial charge in [0.1, 0.15) is 0 Å². The van der Waals surface area contributed by atoms with E-state index in [4.69, 9.17) is 0 Å². The molecule has 0 bridgehead atoms. The van der Waals surface area contributed by atoms with Gasteiger partial charge in [-0.25, -0.2) is 0 Å². The maximum Gasteiger partial charge on any atom is 0.178 e. The van der Waals surface area contributed by atoms with Crippen molar-refractivity contribution in [2.45, 2.75) is 39.8 Å². The van der Waals surface area contributed by atoms with Crippen molar-refractivity contribution in [3.63, 3.8) is 0 Å². The minimum Gasteiger partial charge on any atom is -0.397 e. The number of hydrogen-bond donors (Lipinski definition) is 0. The van der Waals surface area contributed by atoms with Crippen LogP contribution in [-0.2, 0) is 0 Å². The molecule has 3 atom stereocenters. The van der Waals surface area contributed by atoms with E-state index in [0.29, 0.717) is 0 Å². The smallest absolute Gasteiger partial charge is 0.178 e. The molecule has 2 heteroatoms. The molecule has 3 unspecified atom stereocenters. The predicted octanol–water partition coefficient (Wildman–Crippen LogP) is 5.33. The molecule has 1 saturated carbocycles. The van der Waals surface area contributed by atoms with Gasteiger partial charge in [0, 0.05) is 5.69 Å². The zero-order valence-electron chi connectivity index (χ0n) is 14.6. The highest BCUT2D eigenvalue weighted by Gasteiger charge is 2.42. The Hall–Kier alpha value is -1.28. The largest absolute Gasteiger partial charge is 0.397 e. The van der Waals surface area contributed by atoms with Crippen LogP contribution in [0.4, 0.5) is 5.69 Å². The van der Waals surface area contributed by atoms with Gasteiger partial charge in [-0.1, -0.05) is 48.0 Å². The second-order valence-corrected chi connectivity index (χ2v) is 12.2. The predicted molar refractivity (Wildman–Crippen MR) is 99.7 cm³/mol. The summed E-state index contributed by atoms with van der Waals surface area (Å²) in [6.45, 7) is 9.60. The Kier molecular flexibility index (Phi) is 4.07. The lowest BCUT2D eigenvalue weighted by atomic mass is 9.91. The first kappa shape index (κ1) is 15.6. The maximum atomic E-state index is 2.58. The summed E-state index contributed by atoms with van der Waals surface area (Å²) in [6.07, 6.45) is 9.96. The van der Waals surface area contributed by atoms with Crippen LogP contribution in [0.2, 0.25) is 13.1 Å². The van der Waals surface area contributed by atoms with Gasteiger partial charge in [0.15, 0.2) is 8.24 Å². The number of aryl methyl sites for hydroxylation is 1. The van der Waals surface area contributed by atoms with Crippen LogP contribution in [-0.4, -0.2) is 15.3 Å². The fourth-order valence-electron chi connectivity index (χ4n) is 4.27. The molecule has 0 aromatic heterocycles. The third-order valence-electron chi connectivity index (χ3n) is 5.85. The number of benzene rings is 1. The average Bonchev–Trinajstić information content (AvgIpc) is 2.87. The normalized spacial score (nSPS) is 27.5. The third kappa shape index (κ3) is 2.69. The number of rotatable bonds is 3. The molecule has 118 valence electrons. The van der Waals surface area contributed by atoms with E-state index >= 15 is 0 Å². The zero-order valence-corrected chi connectivity index (χ0v) is 15.6. The van der Waals surface area contributed by atoms with Crippen molar-refractivity contribution in [2.75, 3.05) is 11.6 Å². The number of nitrogens with zero attached hydrogens (tertiary/aromatic N) is 1. The molecule has 0 heterocycles. The lowest BCUT2D eigenvalue weighted by molar-refractivity contribution is 0.537. The van der Waals surface area contributed by atoms with Crippen molar-refractivity contribution in [1.82, 2.24) is 0 Å². The van der Waals surface area contributed by atoms with Gasteiger partial charge in [0.25, 0.3) is 0 Å². The zero-order chi connectivity index (χ0) is 15.9. The highest BCUT2D eigenvalue weighted by atomic mass is 28.3. The average molecular weight is 312 g/mol. The Bertz CT molecular complexity index is 597. The number of anilines is 1. The lowest BCUT2D eigenvalue weighted by Gasteiger charge is -2.42. The Morgan fingerprint density at radius 1 is 1.09 bits per heavy atom. The Morgan fingerprint density at radius 3 is 2.45 bits per heavy atom. The molecule has 0 N–H and O–H groups in total. The van der Waals surface area contributed by atoms with Crippen LogP contribution < -0.4 is 4.57 Å². The highest BCUT2D eigenvalue weighted by Crippen LogP contribution is 2.46. The Labute approximate surface area is 136 Å². The molecule has 3 rings (SSSR count). The summed E-state index contributed by atoms with van der Waals surface area (Å²) >= 11 is 0. The van der Waals surface area contributed by atoms with Crippen LogP contribution in [0.3, 0.4) is 0 Å². The lowest BCUT2D eigenvalue weighted by Crippen LogP contribution is -2.51. The van der Waals surface area contributed by atoms with Gasteiger partial charge in [0.2, 0.25) is 0 Å². The van der Waals surface area contributed by atoms with E-state index in [1.54, 1.807) is 5.20 Å². The van der Waals surface area contributed by atoms with Gasteiger partial charge in [-0.15, -0.1) is 0 Å². The van der Waals surface area contributed by atoms with E-state index < -0.39 is 8.24 Å². The van der Waals surface area contributed by atoms with Crippen LogP contribution in [0.25, 0.3) is 0 Å². The van der Waals surface area contributed by atoms with E-state index in [9.17, 15) is 0 Å². The molecule has 1 aromatic carbocycles. The molecule has 1 fully saturated rings. The van der Waals surface area contributed by atoms with Crippen LogP contribution in [0.5, 0.6) is 0 Å². The first-order chi connectivity index (χ1) is 10.4. The van der Waals surface area contributed by atoms with Gasteiger partial charge in [-0.05, 0) is 69.8 Å². The van der Waals surface area contributed by atoms with Gasteiger partial charge in [-0.3, -0.25) is 0 Å². The Morgan fingerprint density at radius 2 is 1.77 bits per heavy atom. The monoisotopic (exact) mass is 311 g/mol. The second-order valence-electron chi connectivity index (χ2n) is 7.81. The van der Waals surface area contributed by atoms with Crippen molar-refractivity contribution in [3.05, 3.63) is 53.3 Å².